The van der Waals surface area contributed by atoms with Gasteiger partial charge in [0.2, 0.25) is 0 Å². The number of morpholine rings is 1. The Morgan fingerprint density at radius 2 is 2.03 bits per heavy atom. The topological polar surface area (TPSA) is 119 Å². The number of hydrogen-bond acceptors (Lipinski definition) is 5. The number of pyridine rings is 1. The summed E-state index contributed by atoms with van der Waals surface area (Å²) in [6.45, 7) is 5.26. The van der Waals surface area contributed by atoms with Gasteiger partial charge in [-0.2, -0.15) is 5.10 Å². The van der Waals surface area contributed by atoms with Crippen molar-refractivity contribution in [3.05, 3.63) is 46.5 Å². The van der Waals surface area contributed by atoms with Crippen LogP contribution >= 0.6 is 11.6 Å². The van der Waals surface area contributed by atoms with Gasteiger partial charge in [0.15, 0.2) is 5.69 Å². The van der Waals surface area contributed by atoms with Gasteiger partial charge in [-0.15, -0.1) is 0 Å². The fourth-order valence-corrected chi connectivity index (χ4v) is 4.03. The Balaban J connectivity index is 1.28. The van der Waals surface area contributed by atoms with E-state index >= 15 is 0 Å². The molecule has 0 bridgehead atoms. The maximum Gasteiger partial charge on any atom is 0.320 e. The Bertz CT molecular complexity index is 1230. The first kappa shape index (κ1) is 20.5. The smallest absolute Gasteiger partial charge is 0.320 e. The van der Waals surface area contributed by atoms with Crippen molar-refractivity contribution in [2.45, 2.75) is 6.92 Å². The van der Waals surface area contributed by atoms with Gasteiger partial charge < -0.3 is 24.8 Å². The fourth-order valence-electron chi connectivity index (χ4n) is 3.86. The number of H-pyrrole nitrogens is 2. The maximum absolute atomic E-state index is 12.7. The number of aromatic nitrogens is 4. The third kappa shape index (κ3) is 3.82. The first-order valence-corrected chi connectivity index (χ1v) is 10.7. The van der Waals surface area contributed by atoms with Gasteiger partial charge in [0, 0.05) is 37.3 Å². The van der Waals surface area contributed by atoms with Gasteiger partial charge in [0.05, 0.1) is 35.8 Å². The molecule has 3 aromatic heterocycles. The monoisotopic (exact) mass is 455 g/mol. The van der Waals surface area contributed by atoms with E-state index in [0.717, 1.165) is 16.7 Å². The van der Waals surface area contributed by atoms with Crippen LogP contribution < -0.4 is 5.32 Å². The van der Waals surface area contributed by atoms with Crippen molar-refractivity contribution in [2.24, 2.45) is 0 Å². The summed E-state index contributed by atoms with van der Waals surface area (Å²) in [4.78, 5) is 36.5. The molecule has 5 rings (SSSR count). The summed E-state index contributed by atoms with van der Waals surface area (Å²) in [5.74, 6) is -0.410. The molecule has 0 spiro atoms. The molecule has 3 amide bonds. The van der Waals surface area contributed by atoms with Crippen LogP contribution in [0.1, 0.15) is 21.9 Å². The van der Waals surface area contributed by atoms with Crippen molar-refractivity contribution in [3.63, 3.8) is 0 Å². The minimum absolute atomic E-state index is 0.0334. The summed E-state index contributed by atoms with van der Waals surface area (Å²) in [6.07, 6.45) is 3.62. The normalized spacial score (nSPS) is 16.5. The van der Waals surface area contributed by atoms with Gasteiger partial charge in [-0.1, -0.05) is 17.7 Å². The molecule has 32 heavy (non-hydrogen) atoms. The molecule has 0 aromatic carbocycles. The Hall–Kier alpha value is -3.37. The van der Waals surface area contributed by atoms with Crippen LogP contribution in [-0.4, -0.2) is 81.3 Å². The number of nitrogens with one attached hydrogen (secondary N) is 3. The summed E-state index contributed by atoms with van der Waals surface area (Å²) in [5.41, 5.74) is 3.94. The number of ether oxygens (including phenoxy) is 1. The Kier molecular flexibility index (Phi) is 5.32. The van der Waals surface area contributed by atoms with Gasteiger partial charge in [0.25, 0.3) is 5.91 Å². The van der Waals surface area contributed by atoms with E-state index in [9.17, 15) is 9.59 Å². The highest BCUT2D eigenvalue weighted by molar-refractivity contribution is 6.34. The highest BCUT2D eigenvalue weighted by Gasteiger charge is 2.27. The molecule has 0 unspecified atom stereocenters. The van der Waals surface area contributed by atoms with E-state index in [4.69, 9.17) is 16.3 Å². The number of amides is 3. The number of urea groups is 1. The molecular formula is C21H22ClN7O3. The van der Waals surface area contributed by atoms with Crippen molar-refractivity contribution < 1.29 is 14.3 Å². The van der Waals surface area contributed by atoms with Crippen LogP contribution in [0.15, 0.2) is 24.4 Å². The standard InChI is InChI=1S/C21H22ClN7O3/c1-12-17(22)18(27-26-12)20(30)24-15-8-14-9-16(25-19(14)23-10-15)13-2-3-29(11-13)21(31)28-4-6-32-7-5-28/h2,8-10H,3-7,11H2,1H3,(H,23,25)(H,24,30)(H,26,27). The van der Waals surface area contributed by atoms with Crippen molar-refractivity contribution in [1.29, 1.82) is 0 Å². The Labute approximate surface area is 188 Å². The zero-order valence-corrected chi connectivity index (χ0v) is 18.2. The van der Waals surface area contributed by atoms with Crippen molar-refractivity contribution in [2.75, 3.05) is 44.7 Å². The van der Waals surface area contributed by atoms with Gasteiger partial charge >= 0.3 is 6.03 Å². The summed E-state index contributed by atoms with van der Waals surface area (Å²) < 4.78 is 5.33. The minimum atomic E-state index is -0.410. The Morgan fingerprint density at radius 3 is 2.78 bits per heavy atom. The van der Waals surface area contributed by atoms with E-state index < -0.39 is 5.91 Å². The fraction of sp³-hybridized carbons (Fsp3) is 0.333. The van der Waals surface area contributed by atoms with E-state index in [0.29, 0.717) is 61.4 Å². The quantitative estimate of drug-likeness (QED) is 0.561. The third-order valence-corrected chi connectivity index (χ3v) is 6.10. The number of halogens is 1. The van der Waals surface area contributed by atoms with Crippen LogP contribution in [0.4, 0.5) is 10.5 Å². The number of aromatic amines is 2. The lowest BCUT2D eigenvalue weighted by Crippen LogP contribution is -2.47. The molecule has 166 valence electrons. The van der Waals surface area contributed by atoms with E-state index in [1.54, 1.807) is 13.1 Å². The second-order valence-electron chi connectivity index (χ2n) is 7.80. The number of hydrogen-bond donors (Lipinski definition) is 3. The van der Waals surface area contributed by atoms with E-state index in [1.807, 2.05) is 28.0 Å². The molecule has 10 nitrogen and oxygen atoms in total. The average molecular weight is 456 g/mol. The van der Waals surface area contributed by atoms with Crippen LogP contribution in [0.5, 0.6) is 0 Å². The number of carbonyl (C=O) groups is 2. The molecule has 0 atom stereocenters. The van der Waals surface area contributed by atoms with Crippen LogP contribution in [0.25, 0.3) is 16.6 Å². The zero-order chi connectivity index (χ0) is 22.2. The highest BCUT2D eigenvalue weighted by Crippen LogP contribution is 2.26. The molecule has 11 heteroatoms. The van der Waals surface area contributed by atoms with E-state index in [2.05, 4.69) is 25.5 Å². The molecule has 0 aliphatic carbocycles. The van der Waals surface area contributed by atoms with Gasteiger partial charge in [0.1, 0.15) is 5.65 Å². The predicted octanol–water partition coefficient (Wildman–Crippen LogP) is 2.65. The van der Waals surface area contributed by atoms with Crippen LogP contribution in [0.2, 0.25) is 5.02 Å². The molecule has 0 saturated carbocycles. The summed E-state index contributed by atoms with van der Waals surface area (Å²) in [5, 5.41) is 10.6. The van der Waals surface area contributed by atoms with Crippen LogP contribution in [0, 0.1) is 6.92 Å². The van der Waals surface area contributed by atoms with Crippen molar-refractivity contribution in [3.8, 4) is 0 Å². The summed E-state index contributed by atoms with van der Waals surface area (Å²) in [6, 6.07) is 3.84. The molecular weight excluding hydrogens is 434 g/mol. The molecule has 3 N–H and O–H groups in total. The zero-order valence-electron chi connectivity index (χ0n) is 17.4. The average Bonchev–Trinajstić information content (AvgIpc) is 3.53. The summed E-state index contributed by atoms with van der Waals surface area (Å²) in [7, 11) is 0. The summed E-state index contributed by atoms with van der Waals surface area (Å²) >= 11 is 6.11. The number of nitrogens with zero attached hydrogens (tertiary/aromatic N) is 4. The molecule has 1 fully saturated rings. The molecule has 2 aliphatic heterocycles. The second-order valence-corrected chi connectivity index (χ2v) is 8.18. The molecule has 2 aliphatic rings. The number of rotatable bonds is 3. The molecule has 1 saturated heterocycles. The lowest BCUT2D eigenvalue weighted by atomic mass is 10.2. The third-order valence-electron chi connectivity index (χ3n) is 5.63. The van der Waals surface area contributed by atoms with E-state index in [-0.39, 0.29) is 11.7 Å². The van der Waals surface area contributed by atoms with Crippen LogP contribution in [-0.2, 0) is 4.74 Å². The lowest BCUT2D eigenvalue weighted by molar-refractivity contribution is 0.0456. The van der Waals surface area contributed by atoms with Crippen molar-refractivity contribution in [1.82, 2.24) is 30.0 Å². The molecule has 0 radical (unpaired) electrons. The molecule has 5 heterocycles. The number of fused-ring (bicyclic) bond motifs is 1. The van der Waals surface area contributed by atoms with Crippen molar-refractivity contribution >= 4 is 45.8 Å². The predicted molar refractivity (Wildman–Crippen MR) is 120 cm³/mol. The number of aryl methyl sites for hydroxylation is 1. The number of carbonyl (C=O) groups excluding carboxylic acids is 2. The first-order chi connectivity index (χ1) is 15.5. The molecule has 3 aromatic rings. The first-order valence-electron chi connectivity index (χ1n) is 10.3. The minimum Gasteiger partial charge on any atom is -0.378 e. The van der Waals surface area contributed by atoms with Crippen LogP contribution in [0.3, 0.4) is 0 Å². The maximum atomic E-state index is 12.7. The lowest BCUT2D eigenvalue weighted by Gasteiger charge is -2.31. The largest absolute Gasteiger partial charge is 0.378 e. The van der Waals surface area contributed by atoms with Gasteiger partial charge in [-0.3, -0.25) is 9.89 Å². The highest BCUT2D eigenvalue weighted by atomic mass is 35.5. The van der Waals surface area contributed by atoms with Gasteiger partial charge in [-0.05, 0) is 24.6 Å². The number of anilines is 1. The SMILES string of the molecule is Cc1[nH]nc(C(=O)Nc2cnc3[nH]c(C4=CCN(C(=O)N5CCOCC5)C4)cc3c2)c1Cl. The Morgan fingerprint density at radius 1 is 1.22 bits per heavy atom. The van der Waals surface area contributed by atoms with Gasteiger partial charge in [-0.25, -0.2) is 9.78 Å². The second kappa shape index (κ2) is 8.29. The van der Waals surface area contributed by atoms with E-state index in [1.165, 1.54) is 0 Å².